The largest absolute Gasteiger partial charge is 0.373 e. The fourth-order valence-electron chi connectivity index (χ4n) is 1.08. The Labute approximate surface area is 55.2 Å². The Morgan fingerprint density at radius 1 is 1.56 bits per heavy atom. The second-order valence-corrected chi connectivity index (χ2v) is 3.37. The van der Waals surface area contributed by atoms with Crippen LogP contribution in [0.2, 0.25) is 0 Å². The Morgan fingerprint density at radius 3 is 2.56 bits per heavy atom. The van der Waals surface area contributed by atoms with Gasteiger partial charge < -0.3 is 4.74 Å². The van der Waals surface area contributed by atoms with Gasteiger partial charge in [-0.25, -0.2) is 0 Å². The number of ether oxygens (including phenoxy) is 1. The molecule has 0 aromatic carbocycles. The molecular weight excluding hydrogens is 116 g/mol. The molecule has 1 saturated heterocycles. The molecule has 1 rings (SSSR count). The first-order chi connectivity index (χ1) is 4.10. The normalized spacial score (nSPS) is 26.2. The second-order valence-electron chi connectivity index (χ2n) is 3.37. The zero-order valence-corrected chi connectivity index (χ0v) is 5.94. The van der Waals surface area contributed by atoms with Crippen molar-refractivity contribution in [2.24, 2.45) is 5.41 Å². The van der Waals surface area contributed by atoms with Crippen LogP contribution in [0.15, 0.2) is 0 Å². The topological polar surface area (TPSA) is 26.3 Å². The lowest BCUT2D eigenvalue weighted by Gasteiger charge is -2.27. The second kappa shape index (κ2) is 2.10. The summed E-state index contributed by atoms with van der Waals surface area (Å²) in [4.78, 5) is 10.8. The summed E-state index contributed by atoms with van der Waals surface area (Å²) in [5.41, 5.74) is 0.0787. The SMILES string of the molecule is CC1(C)COCC(=O)C1. The van der Waals surface area contributed by atoms with Crippen LogP contribution in [0.3, 0.4) is 0 Å². The fraction of sp³-hybridized carbons (Fsp3) is 0.857. The standard InChI is InChI=1S/C7H12O2/c1-7(2)3-6(8)4-9-5-7/h3-5H2,1-2H3. The van der Waals surface area contributed by atoms with E-state index in [1.807, 2.05) is 13.8 Å². The maximum atomic E-state index is 10.8. The molecule has 0 aromatic rings. The van der Waals surface area contributed by atoms with Crippen LogP contribution in [0.4, 0.5) is 0 Å². The van der Waals surface area contributed by atoms with Gasteiger partial charge in [0.05, 0.1) is 6.61 Å². The molecule has 0 bridgehead atoms. The van der Waals surface area contributed by atoms with Gasteiger partial charge in [-0.05, 0) is 5.41 Å². The summed E-state index contributed by atoms with van der Waals surface area (Å²) in [7, 11) is 0. The first kappa shape index (κ1) is 6.75. The van der Waals surface area contributed by atoms with Crippen molar-refractivity contribution < 1.29 is 9.53 Å². The number of hydrogen-bond donors (Lipinski definition) is 0. The van der Waals surface area contributed by atoms with Gasteiger partial charge in [-0.2, -0.15) is 0 Å². The van der Waals surface area contributed by atoms with Crippen LogP contribution in [0, 0.1) is 5.41 Å². The van der Waals surface area contributed by atoms with Crippen LogP contribution in [-0.2, 0) is 9.53 Å². The Morgan fingerprint density at radius 2 is 2.22 bits per heavy atom. The molecule has 0 saturated carbocycles. The molecule has 2 heteroatoms. The van der Waals surface area contributed by atoms with E-state index in [0.29, 0.717) is 13.0 Å². The highest BCUT2D eigenvalue weighted by atomic mass is 16.5. The van der Waals surface area contributed by atoms with Crippen molar-refractivity contribution in [1.29, 1.82) is 0 Å². The Hall–Kier alpha value is -0.370. The lowest BCUT2D eigenvalue weighted by molar-refractivity contribution is -0.133. The van der Waals surface area contributed by atoms with Crippen molar-refractivity contribution in [2.45, 2.75) is 20.3 Å². The van der Waals surface area contributed by atoms with E-state index in [4.69, 9.17) is 4.74 Å². The summed E-state index contributed by atoms with van der Waals surface area (Å²) in [6, 6.07) is 0. The van der Waals surface area contributed by atoms with Crippen molar-refractivity contribution in [1.82, 2.24) is 0 Å². The number of carbonyl (C=O) groups is 1. The predicted octanol–water partition coefficient (Wildman–Crippen LogP) is 1.00. The van der Waals surface area contributed by atoms with Gasteiger partial charge in [0.2, 0.25) is 0 Å². The van der Waals surface area contributed by atoms with Crippen molar-refractivity contribution >= 4 is 5.78 Å². The number of ketones is 1. The van der Waals surface area contributed by atoms with Crippen molar-refractivity contribution in [3.8, 4) is 0 Å². The van der Waals surface area contributed by atoms with Gasteiger partial charge in [0.1, 0.15) is 6.61 Å². The molecule has 0 radical (unpaired) electrons. The van der Waals surface area contributed by atoms with E-state index in [1.54, 1.807) is 0 Å². The Balaban J connectivity index is 2.51. The van der Waals surface area contributed by atoms with E-state index in [0.717, 1.165) is 6.61 Å². The van der Waals surface area contributed by atoms with Gasteiger partial charge in [-0.15, -0.1) is 0 Å². The van der Waals surface area contributed by atoms with Gasteiger partial charge in [-0.3, -0.25) is 4.79 Å². The molecule has 9 heavy (non-hydrogen) atoms. The summed E-state index contributed by atoms with van der Waals surface area (Å²) in [5.74, 6) is 0.228. The Kier molecular flexibility index (Phi) is 1.58. The molecule has 0 spiro atoms. The average Bonchev–Trinajstić information content (AvgIpc) is 1.60. The van der Waals surface area contributed by atoms with Crippen molar-refractivity contribution in [2.75, 3.05) is 13.2 Å². The van der Waals surface area contributed by atoms with E-state index in [9.17, 15) is 4.79 Å². The highest BCUT2D eigenvalue weighted by Crippen LogP contribution is 2.24. The maximum absolute atomic E-state index is 10.8. The maximum Gasteiger partial charge on any atom is 0.159 e. The lowest BCUT2D eigenvalue weighted by atomic mass is 9.87. The number of rotatable bonds is 0. The summed E-state index contributed by atoms with van der Waals surface area (Å²) in [6.07, 6.45) is 0.674. The molecule has 0 unspecified atom stereocenters. The zero-order valence-electron chi connectivity index (χ0n) is 5.94. The quantitative estimate of drug-likeness (QED) is 0.486. The van der Waals surface area contributed by atoms with E-state index >= 15 is 0 Å². The predicted molar refractivity (Wildman–Crippen MR) is 34.2 cm³/mol. The molecule has 1 aliphatic rings. The van der Waals surface area contributed by atoms with Crippen LogP contribution >= 0.6 is 0 Å². The van der Waals surface area contributed by atoms with Gasteiger partial charge in [0.15, 0.2) is 5.78 Å². The molecule has 1 heterocycles. The molecule has 1 fully saturated rings. The third-order valence-corrected chi connectivity index (χ3v) is 1.43. The summed E-state index contributed by atoms with van der Waals surface area (Å²) < 4.78 is 5.05. The molecule has 2 nitrogen and oxygen atoms in total. The molecule has 0 aliphatic carbocycles. The van der Waals surface area contributed by atoms with Crippen LogP contribution in [0.5, 0.6) is 0 Å². The van der Waals surface area contributed by atoms with E-state index in [-0.39, 0.29) is 11.2 Å². The Bertz CT molecular complexity index is 127. The zero-order chi connectivity index (χ0) is 6.91. The van der Waals surface area contributed by atoms with Crippen molar-refractivity contribution in [3.05, 3.63) is 0 Å². The third kappa shape index (κ3) is 1.79. The van der Waals surface area contributed by atoms with Gasteiger partial charge >= 0.3 is 0 Å². The van der Waals surface area contributed by atoms with Gasteiger partial charge in [0.25, 0.3) is 0 Å². The molecule has 0 atom stereocenters. The summed E-state index contributed by atoms with van der Waals surface area (Å²) in [5, 5.41) is 0. The number of Topliss-reactive ketones (excluding diaryl/α,β-unsaturated/α-hetero) is 1. The van der Waals surface area contributed by atoms with E-state index < -0.39 is 0 Å². The highest BCUT2D eigenvalue weighted by Gasteiger charge is 2.26. The lowest BCUT2D eigenvalue weighted by Crippen LogP contribution is -2.31. The highest BCUT2D eigenvalue weighted by molar-refractivity contribution is 5.80. The smallest absolute Gasteiger partial charge is 0.159 e. The van der Waals surface area contributed by atoms with E-state index in [1.165, 1.54) is 0 Å². The molecule has 0 amide bonds. The molecule has 0 aromatic heterocycles. The van der Waals surface area contributed by atoms with Gasteiger partial charge in [-0.1, -0.05) is 13.8 Å². The molecule has 1 aliphatic heterocycles. The van der Waals surface area contributed by atoms with Crippen LogP contribution in [-0.4, -0.2) is 19.0 Å². The minimum atomic E-state index is 0.0787. The van der Waals surface area contributed by atoms with Crippen LogP contribution in [0.1, 0.15) is 20.3 Å². The first-order valence-electron chi connectivity index (χ1n) is 3.20. The monoisotopic (exact) mass is 128 g/mol. The minimum absolute atomic E-state index is 0.0787. The molecular formula is C7H12O2. The van der Waals surface area contributed by atoms with Gasteiger partial charge in [0, 0.05) is 6.42 Å². The minimum Gasteiger partial charge on any atom is -0.373 e. The van der Waals surface area contributed by atoms with Crippen LogP contribution < -0.4 is 0 Å². The van der Waals surface area contributed by atoms with E-state index in [2.05, 4.69) is 0 Å². The summed E-state index contributed by atoms with van der Waals surface area (Å²) in [6.45, 7) is 5.14. The molecule has 52 valence electrons. The fourth-order valence-corrected chi connectivity index (χ4v) is 1.08. The first-order valence-corrected chi connectivity index (χ1v) is 3.20. The third-order valence-electron chi connectivity index (χ3n) is 1.43. The van der Waals surface area contributed by atoms with Crippen molar-refractivity contribution in [3.63, 3.8) is 0 Å². The summed E-state index contributed by atoms with van der Waals surface area (Å²) >= 11 is 0. The number of hydrogen-bond acceptors (Lipinski definition) is 2. The number of carbonyl (C=O) groups excluding carboxylic acids is 1. The molecule has 0 N–H and O–H groups in total. The van der Waals surface area contributed by atoms with Crippen LogP contribution in [0.25, 0.3) is 0 Å². The average molecular weight is 128 g/mol.